The average molecular weight is 169 g/mol. The van der Waals surface area contributed by atoms with E-state index in [4.69, 9.17) is 0 Å². The average Bonchev–Trinajstić information content (AvgIpc) is 1.77. The first kappa shape index (κ1) is 9.56. The third-order valence-corrected chi connectivity index (χ3v) is 2.48. The Kier molecular flexibility index (Phi) is 2.19. The fourth-order valence-electron chi connectivity index (χ4n) is 1.85. The zero-order valence-electron chi connectivity index (χ0n) is 8.72. The van der Waals surface area contributed by atoms with Crippen molar-refractivity contribution in [2.24, 2.45) is 5.92 Å². The van der Waals surface area contributed by atoms with Crippen molar-refractivity contribution in [2.45, 2.75) is 52.6 Å². The Morgan fingerprint density at radius 1 is 1.42 bits per heavy atom. The van der Waals surface area contributed by atoms with Crippen LogP contribution in [0.4, 0.5) is 0 Å². The fraction of sp³-hybridized carbons (Fsp3) is 0.900. The van der Waals surface area contributed by atoms with Crippen LogP contribution in [-0.2, 0) is 4.79 Å². The number of likely N-dealkylation sites (tertiary alicyclic amines) is 1. The van der Waals surface area contributed by atoms with Crippen molar-refractivity contribution >= 4 is 5.91 Å². The molecule has 0 aliphatic carbocycles. The molecule has 1 aliphatic heterocycles. The van der Waals surface area contributed by atoms with Crippen molar-refractivity contribution in [3.63, 3.8) is 0 Å². The molecule has 0 aromatic rings. The molecule has 1 aliphatic rings. The fourth-order valence-corrected chi connectivity index (χ4v) is 1.85. The van der Waals surface area contributed by atoms with E-state index in [1.54, 1.807) is 0 Å². The highest BCUT2D eigenvalue weighted by atomic mass is 16.2. The first-order valence-corrected chi connectivity index (χ1v) is 4.66. The molecule has 1 amide bonds. The molecule has 70 valence electrons. The number of hydrogen-bond donors (Lipinski definition) is 0. The molecular weight excluding hydrogens is 150 g/mol. The largest absolute Gasteiger partial charge is 0.334 e. The molecule has 0 spiro atoms. The summed E-state index contributed by atoms with van der Waals surface area (Å²) >= 11 is 0. The Balaban J connectivity index is 2.69. The third-order valence-electron chi connectivity index (χ3n) is 2.48. The van der Waals surface area contributed by atoms with Gasteiger partial charge in [0.2, 0.25) is 5.91 Å². The molecule has 1 rings (SSSR count). The predicted molar refractivity (Wildman–Crippen MR) is 49.8 cm³/mol. The van der Waals surface area contributed by atoms with Gasteiger partial charge in [-0.05, 0) is 26.7 Å². The molecule has 0 saturated carbocycles. The van der Waals surface area contributed by atoms with E-state index in [1.807, 2.05) is 4.90 Å². The Morgan fingerprint density at radius 2 is 1.92 bits per heavy atom. The highest BCUT2D eigenvalue weighted by molar-refractivity contribution is 5.83. The number of nitrogens with zero attached hydrogens (tertiary/aromatic N) is 1. The van der Waals surface area contributed by atoms with Gasteiger partial charge in [-0.3, -0.25) is 4.79 Å². The minimum absolute atomic E-state index is 0.00424. The van der Waals surface area contributed by atoms with Crippen LogP contribution in [0.25, 0.3) is 0 Å². The van der Waals surface area contributed by atoms with E-state index in [0.29, 0.717) is 17.9 Å². The molecule has 1 heterocycles. The molecular formula is C10H19NO. The van der Waals surface area contributed by atoms with Crippen LogP contribution in [-0.4, -0.2) is 22.4 Å². The van der Waals surface area contributed by atoms with Crippen molar-refractivity contribution in [3.05, 3.63) is 0 Å². The van der Waals surface area contributed by atoms with E-state index < -0.39 is 0 Å². The van der Waals surface area contributed by atoms with Crippen LogP contribution in [0.1, 0.15) is 41.0 Å². The van der Waals surface area contributed by atoms with E-state index in [-0.39, 0.29) is 5.54 Å². The Hall–Kier alpha value is -0.530. The summed E-state index contributed by atoms with van der Waals surface area (Å²) in [4.78, 5) is 13.3. The van der Waals surface area contributed by atoms with Crippen molar-refractivity contribution < 1.29 is 4.79 Å². The van der Waals surface area contributed by atoms with Crippen molar-refractivity contribution in [3.8, 4) is 0 Å². The number of carbonyl (C=O) groups is 1. The molecule has 2 nitrogen and oxygen atoms in total. The lowest BCUT2D eigenvalue weighted by atomic mass is 9.86. The lowest BCUT2D eigenvalue weighted by molar-refractivity contribution is -0.157. The van der Waals surface area contributed by atoms with Gasteiger partial charge in [0.05, 0.1) is 0 Å². The summed E-state index contributed by atoms with van der Waals surface area (Å²) in [7, 11) is 0. The molecule has 12 heavy (non-hydrogen) atoms. The minimum atomic E-state index is 0.00424. The summed E-state index contributed by atoms with van der Waals surface area (Å²) in [6.07, 6.45) is 0.745. The molecule has 0 radical (unpaired) electrons. The second-order valence-corrected chi connectivity index (χ2v) is 4.95. The van der Waals surface area contributed by atoms with E-state index >= 15 is 0 Å². The van der Waals surface area contributed by atoms with Gasteiger partial charge in [-0.2, -0.15) is 0 Å². The first-order chi connectivity index (χ1) is 5.34. The molecule has 0 bridgehead atoms. The Labute approximate surface area is 74.9 Å². The van der Waals surface area contributed by atoms with Gasteiger partial charge < -0.3 is 4.90 Å². The standard InChI is InChI=1S/C10H19NO/c1-7(2)8-6-9(12)11(8)10(3,4)5/h7-8H,6H2,1-5H3/t8-/m1/s1. The number of carbonyl (C=O) groups excluding carboxylic acids is 1. The van der Waals surface area contributed by atoms with Gasteiger partial charge in [0.25, 0.3) is 0 Å². The van der Waals surface area contributed by atoms with Crippen LogP contribution in [0.5, 0.6) is 0 Å². The summed E-state index contributed by atoms with van der Waals surface area (Å²) in [5, 5.41) is 0. The van der Waals surface area contributed by atoms with Crippen LogP contribution >= 0.6 is 0 Å². The maximum atomic E-state index is 11.3. The van der Waals surface area contributed by atoms with Crippen molar-refractivity contribution in [1.29, 1.82) is 0 Å². The van der Waals surface area contributed by atoms with Gasteiger partial charge in [-0.1, -0.05) is 13.8 Å². The second-order valence-electron chi connectivity index (χ2n) is 4.95. The summed E-state index contributed by atoms with van der Waals surface area (Å²) in [6, 6.07) is 0.470. The number of amides is 1. The molecule has 2 heteroatoms. The maximum Gasteiger partial charge on any atom is 0.225 e. The first-order valence-electron chi connectivity index (χ1n) is 4.66. The predicted octanol–water partition coefficient (Wildman–Crippen LogP) is 2.04. The maximum absolute atomic E-state index is 11.3. The Morgan fingerprint density at radius 3 is 2.08 bits per heavy atom. The lowest BCUT2D eigenvalue weighted by Crippen LogP contribution is -2.62. The van der Waals surface area contributed by atoms with E-state index in [2.05, 4.69) is 34.6 Å². The smallest absolute Gasteiger partial charge is 0.225 e. The highest BCUT2D eigenvalue weighted by Gasteiger charge is 2.43. The highest BCUT2D eigenvalue weighted by Crippen LogP contribution is 2.32. The molecule has 0 aromatic carbocycles. The van der Waals surface area contributed by atoms with Gasteiger partial charge in [-0.25, -0.2) is 0 Å². The van der Waals surface area contributed by atoms with Crippen LogP contribution in [0.3, 0.4) is 0 Å². The van der Waals surface area contributed by atoms with Gasteiger partial charge in [0.15, 0.2) is 0 Å². The van der Waals surface area contributed by atoms with Gasteiger partial charge in [-0.15, -0.1) is 0 Å². The Bertz CT molecular complexity index is 191. The van der Waals surface area contributed by atoms with Crippen LogP contribution in [0.15, 0.2) is 0 Å². The molecule has 1 fully saturated rings. The summed E-state index contributed by atoms with van der Waals surface area (Å²) in [5.41, 5.74) is 0.00424. The minimum Gasteiger partial charge on any atom is -0.334 e. The molecule has 0 aromatic heterocycles. The summed E-state index contributed by atoms with van der Waals surface area (Å²) in [6.45, 7) is 10.6. The molecule has 0 N–H and O–H groups in total. The van der Waals surface area contributed by atoms with Gasteiger partial charge in [0.1, 0.15) is 0 Å². The van der Waals surface area contributed by atoms with E-state index in [9.17, 15) is 4.79 Å². The summed E-state index contributed by atoms with van der Waals surface area (Å²) in [5.74, 6) is 0.892. The monoisotopic (exact) mass is 169 g/mol. The molecule has 1 saturated heterocycles. The van der Waals surface area contributed by atoms with Crippen LogP contribution < -0.4 is 0 Å². The van der Waals surface area contributed by atoms with Crippen LogP contribution in [0, 0.1) is 5.92 Å². The number of β-lactam (4-membered cyclic amide) rings is 1. The zero-order valence-corrected chi connectivity index (χ0v) is 8.72. The lowest BCUT2D eigenvalue weighted by Gasteiger charge is -2.51. The second kappa shape index (κ2) is 2.75. The van der Waals surface area contributed by atoms with Crippen molar-refractivity contribution in [2.75, 3.05) is 0 Å². The van der Waals surface area contributed by atoms with E-state index in [0.717, 1.165) is 6.42 Å². The molecule has 0 unspecified atom stereocenters. The SMILES string of the molecule is CC(C)[C@H]1CC(=O)N1C(C)(C)C. The van der Waals surface area contributed by atoms with Gasteiger partial charge in [0, 0.05) is 18.0 Å². The number of rotatable bonds is 1. The van der Waals surface area contributed by atoms with Crippen LogP contribution in [0.2, 0.25) is 0 Å². The number of hydrogen-bond acceptors (Lipinski definition) is 1. The third kappa shape index (κ3) is 1.47. The zero-order chi connectivity index (χ0) is 9.52. The summed E-state index contributed by atoms with van der Waals surface area (Å²) < 4.78 is 0. The van der Waals surface area contributed by atoms with E-state index in [1.165, 1.54) is 0 Å². The topological polar surface area (TPSA) is 20.3 Å². The molecule has 1 atom stereocenters. The van der Waals surface area contributed by atoms with Gasteiger partial charge >= 0.3 is 0 Å². The quantitative estimate of drug-likeness (QED) is 0.550. The van der Waals surface area contributed by atoms with Crippen molar-refractivity contribution in [1.82, 2.24) is 4.90 Å². The normalized spacial score (nSPS) is 24.7.